The topological polar surface area (TPSA) is 71.2 Å². The van der Waals surface area contributed by atoms with Gasteiger partial charge in [-0.25, -0.2) is 0 Å². The van der Waals surface area contributed by atoms with Gasteiger partial charge in [0.25, 0.3) is 5.91 Å². The Hall–Kier alpha value is -2.40. The molecule has 0 saturated carbocycles. The molecule has 0 aliphatic rings. The Morgan fingerprint density at radius 2 is 2.00 bits per heavy atom. The molecular formula is C16H20N4O. The molecule has 5 heteroatoms. The van der Waals surface area contributed by atoms with Gasteiger partial charge in [0.2, 0.25) is 0 Å². The number of amides is 1. The molecule has 110 valence electrons. The zero-order valence-corrected chi connectivity index (χ0v) is 12.3. The first kappa shape index (κ1) is 15.0. The van der Waals surface area contributed by atoms with Crippen molar-refractivity contribution >= 4 is 11.6 Å². The van der Waals surface area contributed by atoms with Crippen LogP contribution in [0.5, 0.6) is 0 Å². The van der Waals surface area contributed by atoms with E-state index in [1.807, 2.05) is 44.2 Å². The van der Waals surface area contributed by atoms with Crippen LogP contribution in [-0.4, -0.2) is 21.8 Å². The smallest absolute Gasteiger partial charge is 0.273 e. The van der Waals surface area contributed by atoms with E-state index in [4.69, 9.17) is 5.84 Å². The number of hydrazine groups is 1. The molecule has 21 heavy (non-hydrogen) atoms. The van der Waals surface area contributed by atoms with Gasteiger partial charge in [-0.3, -0.25) is 15.6 Å². The number of hydrogen-bond donors (Lipinski definition) is 2. The van der Waals surface area contributed by atoms with Gasteiger partial charge in [-0.1, -0.05) is 30.3 Å². The van der Waals surface area contributed by atoms with Crippen LogP contribution in [0, 0.1) is 0 Å². The van der Waals surface area contributed by atoms with Crippen LogP contribution >= 0.6 is 0 Å². The van der Waals surface area contributed by atoms with Crippen molar-refractivity contribution in [2.75, 3.05) is 5.43 Å². The molecule has 1 amide bonds. The van der Waals surface area contributed by atoms with E-state index in [9.17, 15) is 4.79 Å². The number of anilines is 1. The normalized spacial score (nSPS) is 10.5. The van der Waals surface area contributed by atoms with Crippen molar-refractivity contribution in [2.45, 2.75) is 26.4 Å². The molecule has 5 nitrogen and oxygen atoms in total. The Labute approximate surface area is 124 Å². The van der Waals surface area contributed by atoms with Gasteiger partial charge in [-0.2, -0.15) is 0 Å². The van der Waals surface area contributed by atoms with Crippen molar-refractivity contribution in [3.05, 3.63) is 59.9 Å². The van der Waals surface area contributed by atoms with Crippen LogP contribution in [0.25, 0.3) is 0 Å². The highest BCUT2D eigenvalue weighted by atomic mass is 16.2. The predicted molar refractivity (Wildman–Crippen MR) is 83.5 cm³/mol. The van der Waals surface area contributed by atoms with E-state index < -0.39 is 0 Å². The lowest BCUT2D eigenvalue weighted by atomic mass is 10.1. The van der Waals surface area contributed by atoms with Crippen LogP contribution in [0.3, 0.4) is 0 Å². The summed E-state index contributed by atoms with van der Waals surface area (Å²) < 4.78 is 0. The molecule has 2 aromatic rings. The quantitative estimate of drug-likeness (QED) is 0.653. The van der Waals surface area contributed by atoms with E-state index in [1.54, 1.807) is 23.2 Å². The molecule has 0 bridgehead atoms. The summed E-state index contributed by atoms with van der Waals surface area (Å²) >= 11 is 0. The van der Waals surface area contributed by atoms with E-state index in [0.717, 1.165) is 5.56 Å². The Morgan fingerprint density at radius 1 is 1.29 bits per heavy atom. The van der Waals surface area contributed by atoms with Crippen molar-refractivity contribution < 1.29 is 4.79 Å². The van der Waals surface area contributed by atoms with Crippen LogP contribution in [0.15, 0.2) is 48.7 Å². The molecule has 2 rings (SSSR count). The lowest BCUT2D eigenvalue weighted by Gasteiger charge is -2.26. The maximum Gasteiger partial charge on any atom is 0.273 e. The van der Waals surface area contributed by atoms with Gasteiger partial charge in [0.05, 0.1) is 5.69 Å². The average Bonchev–Trinajstić information content (AvgIpc) is 2.52. The van der Waals surface area contributed by atoms with Crippen molar-refractivity contribution in [1.29, 1.82) is 0 Å². The van der Waals surface area contributed by atoms with Crippen molar-refractivity contribution in [1.82, 2.24) is 9.88 Å². The number of benzene rings is 1. The minimum Gasteiger partial charge on any atom is -0.331 e. The second kappa shape index (κ2) is 6.85. The fourth-order valence-electron chi connectivity index (χ4n) is 2.05. The average molecular weight is 284 g/mol. The van der Waals surface area contributed by atoms with E-state index >= 15 is 0 Å². The van der Waals surface area contributed by atoms with Gasteiger partial charge < -0.3 is 10.3 Å². The fourth-order valence-corrected chi connectivity index (χ4v) is 2.05. The molecule has 1 aromatic carbocycles. The second-order valence-corrected chi connectivity index (χ2v) is 5.09. The third kappa shape index (κ3) is 3.79. The number of nitrogens with zero attached hydrogens (tertiary/aromatic N) is 2. The number of rotatable bonds is 5. The minimum atomic E-state index is -0.106. The molecule has 0 aliphatic heterocycles. The summed E-state index contributed by atoms with van der Waals surface area (Å²) in [5, 5.41) is 0. The number of pyridine rings is 1. The van der Waals surface area contributed by atoms with Crippen LogP contribution in [-0.2, 0) is 6.54 Å². The second-order valence-electron chi connectivity index (χ2n) is 5.09. The van der Waals surface area contributed by atoms with Gasteiger partial charge in [0.1, 0.15) is 5.69 Å². The maximum absolute atomic E-state index is 12.7. The first-order valence-corrected chi connectivity index (χ1v) is 6.89. The number of nitrogens with one attached hydrogen (secondary N) is 1. The monoisotopic (exact) mass is 284 g/mol. The molecular weight excluding hydrogens is 264 g/mol. The SMILES string of the molecule is CC(C)N(Cc1ccccc1)C(=O)c1cc(NN)ccn1. The van der Waals surface area contributed by atoms with Crippen molar-refractivity contribution in [3.8, 4) is 0 Å². The summed E-state index contributed by atoms with van der Waals surface area (Å²) in [6.45, 7) is 4.54. The molecule has 0 spiro atoms. The fraction of sp³-hybridized carbons (Fsp3) is 0.250. The zero-order chi connectivity index (χ0) is 15.2. The lowest BCUT2D eigenvalue weighted by Crippen LogP contribution is -2.36. The van der Waals surface area contributed by atoms with Crippen LogP contribution < -0.4 is 11.3 Å². The third-order valence-electron chi connectivity index (χ3n) is 3.23. The standard InChI is InChI=1S/C16H20N4O/c1-12(2)20(11-13-6-4-3-5-7-13)16(21)15-10-14(19-17)8-9-18-15/h3-10,12H,11,17H2,1-2H3,(H,18,19). The van der Waals surface area contributed by atoms with Gasteiger partial charge in [0.15, 0.2) is 0 Å². The van der Waals surface area contributed by atoms with E-state index in [-0.39, 0.29) is 11.9 Å². The van der Waals surface area contributed by atoms with Crippen LogP contribution in [0.4, 0.5) is 5.69 Å². The highest BCUT2D eigenvalue weighted by molar-refractivity contribution is 5.93. The molecule has 0 saturated heterocycles. The Morgan fingerprint density at radius 3 is 2.62 bits per heavy atom. The molecule has 1 heterocycles. The Kier molecular flexibility index (Phi) is 4.90. The Bertz CT molecular complexity index is 598. The predicted octanol–water partition coefficient (Wildman–Crippen LogP) is 2.42. The van der Waals surface area contributed by atoms with Crippen molar-refractivity contribution in [2.24, 2.45) is 5.84 Å². The number of nitrogens with two attached hydrogens (primary N) is 1. The number of carbonyl (C=O) groups excluding carboxylic acids is 1. The van der Waals surface area contributed by atoms with E-state index in [2.05, 4.69) is 10.4 Å². The summed E-state index contributed by atoms with van der Waals surface area (Å²) in [7, 11) is 0. The van der Waals surface area contributed by atoms with Gasteiger partial charge in [-0.05, 0) is 31.5 Å². The molecule has 0 atom stereocenters. The third-order valence-corrected chi connectivity index (χ3v) is 3.23. The molecule has 0 aliphatic carbocycles. The lowest BCUT2D eigenvalue weighted by molar-refractivity contribution is 0.0684. The first-order chi connectivity index (χ1) is 10.1. The number of aromatic nitrogens is 1. The summed E-state index contributed by atoms with van der Waals surface area (Å²) in [6, 6.07) is 13.4. The number of hydrogen-bond acceptors (Lipinski definition) is 4. The molecule has 3 N–H and O–H groups in total. The summed E-state index contributed by atoms with van der Waals surface area (Å²) in [4.78, 5) is 18.6. The van der Waals surface area contributed by atoms with Crippen LogP contribution in [0.1, 0.15) is 29.9 Å². The number of carbonyl (C=O) groups is 1. The van der Waals surface area contributed by atoms with Gasteiger partial charge in [-0.15, -0.1) is 0 Å². The van der Waals surface area contributed by atoms with E-state index in [1.165, 1.54) is 0 Å². The van der Waals surface area contributed by atoms with Gasteiger partial charge >= 0.3 is 0 Å². The van der Waals surface area contributed by atoms with Crippen LogP contribution in [0.2, 0.25) is 0 Å². The molecule has 0 radical (unpaired) electrons. The highest BCUT2D eigenvalue weighted by Crippen LogP contribution is 2.14. The van der Waals surface area contributed by atoms with Crippen molar-refractivity contribution in [3.63, 3.8) is 0 Å². The zero-order valence-electron chi connectivity index (χ0n) is 12.3. The van der Waals surface area contributed by atoms with Gasteiger partial charge in [0, 0.05) is 18.8 Å². The largest absolute Gasteiger partial charge is 0.331 e. The Balaban J connectivity index is 2.23. The molecule has 0 unspecified atom stereocenters. The molecule has 0 fully saturated rings. The summed E-state index contributed by atoms with van der Waals surface area (Å²) in [6.07, 6.45) is 1.57. The summed E-state index contributed by atoms with van der Waals surface area (Å²) in [5.74, 6) is 5.27. The minimum absolute atomic E-state index is 0.0778. The van der Waals surface area contributed by atoms with E-state index in [0.29, 0.717) is 17.9 Å². The number of nitrogen functional groups attached to an aromatic ring is 1. The molecule has 1 aromatic heterocycles. The highest BCUT2D eigenvalue weighted by Gasteiger charge is 2.20. The maximum atomic E-state index is 12.7. The first-order valence-electron chi connectivity index (χ1n) is 6.89. The summed E-state index contributed by atoms with van der Waals surface area (Å²) in [5.41, 5.74) is 4.67.